The van der Waals surface area contributed by atoms with Gasteiger partial charge in [0.1, 0.15) is 0 Å². The van der Waals surface area contributed by atoms with Crippen LogP contribution in [0.1, 0.15) is 27.9 Å². The number of nitrogens with zero attached hydrogens (tertiary/aromatic N) is 3. The Labute approximate surface area is 233 Å². The van der Waals surface area contributed by atoms with Gasteiger partial charge in [0.2, 0.25) is 5.91 Å². The van der Waals surface area contributed by atoms with Gasteiger partial charge in [-0.3, -0.25) is 19.9 Å². The molecule has 3 aromatic carbocycles. The molecule has 196 valence electrons. The van der Waals surface area contributed by atoms with Crippen LogP contribution in [-0.4, -0.2) is 36.8 Å². The molecule has 0 aliphatic heterocycles. The number of carbonyl (C=O) groups excluding carboxylic acids is 2. The number of imidazole rings is 1. The summed E-state index contributed by atoms with van der Waals surface area (Å²) in [4.78, 5) is 28.3. The van der Waals surface area contributed by atoms with Crippen LogP contribution in [0, 0.1) is 0 Å². The average Bonchev–Trinajstić information content (AvgIpc) is 3.57. The molecule has 5 rings (SSSR count). The number of fused-ring (bicyclic) bond motifs is 1. The second-order valence-electron chi connectivity index (χ2n) is 8.66. The molecule has 0 atom stereocenters. The van der Waals surface area contributed by atoms with Gasteiger partial charge in [0.05, 0.1) is 29.6 Å². The summed E-state index contributed by atoms with van der Waals surface area (Å²) in [7, 11) is 0. The predicted octanol–water partition coefficient (Wildman–Crippen LogP) is 5.94. The third-order valence-corrected chi connectivity index (χ3v) is 6.76. The van der Waals surface area contributed by atoms with E-state index in [1.165, 1.54) is 0 Å². The molecule has 0 fully saturated rings. The van der Waals surface area contributed by atoms with Crippen molar-refractivity contribution in [3.63, 3.8) is 0 Å². The number of carbonyl (C=O) groups is 2. The van der Waals surface area contributed by atoms with Gasteiger partial charge in [0.15, 0.2) is 5.82 Å². The van der Waals surface area contributed by atoms with Gasteiger partial charge in [0, 0.05) is 39.2 Å². The van der Waals surface area contributed by atoms with Crippen LogP contribution in [0.25, 0.3) is 28.4 Å². The molecule has 39 heavy (non-hydrogen) atoms. The van der Waals surface area contributed by atoms with Gasteiger partial charge in [-0.15, -0.1) is 0 Å². The molecule has 0 bridgehead atoms. The van der Waals surface area contributed by atoms with Gasteiger partial charge < -0.3 is 9.88 Å². The number of benzene rings is 3. The number of hydroxylamine groups is 1. The van der Waals surface area contributed by atoms with Crippen LogP contribution in [0.15, 0.2) is 79.1 Å². The van der Waals surface area contributed by atoms with E-state index in [1.54, 1.807) is 66.4 Å². The van der Waals surface area contributed by atoms with Gasteiger partial charge in [-0.05, 0) is 42.0 Å². The maximum absolute atomic E-state index is 12.7. The van der Waals surface area contributed by atoms with Crippen LogP contribution >= 0.6 is 23.2 Å². The van der Waals surface area contributed by atoms with Crippen LogP contribution < -0.4 is 10.8 Å². The summed E-state index contributed by atoms with van der Waals surface area (Å²) < 4.78 is 1.98. The summed E-state index contributed by atoms with van der Waals surface area (Å²) in [6.07, 6.45) is 5.13. The van der Waals surface area contributed by atoms with Gasteiger partial charge >= 0.3 is 0 Å². The maximum atomic E-state index is 12.7. The van der Waals surface area contributed by atoms with Gasteiger partial charge in [-0.1, -0.05) is 59.6 Å². The highest BCUT2D eigenvalue weighted by molar-refractivity contribution is 6.36. The number of aromatic amines is 1. The Morgan fingerprint density at radius 1 is 1.03 bits per heavy atom. The number of hydrogen-bond donors (Lipinski definition) is 4. The summed E-state index contributed by atoms with van der Waals surface area (Å²) in [6, 6.07) is 19.9. The zero-order valence-corrected chi connectivity index (χ0v) is 21.9. The normalized spacial score (nSPS) is 11.3. The Morgan fingerprint density at radius 2 is 1.79 bits per heavy atom. The predicted molar refractivity (Wildman–Crippen MR) is 151 cm³/mol. The topological polar surface area (TPSA) is 125 Å². The molecule has 0 aliphatic carbocycles. The number of halogens is 2. The highest BCUT2D eigenvalue weighted by Crippen LogP contribution is 2.28. The number of H-pyrrole nitrogens is 1. The largest absolute Gasteiger partial charge is 0.326 e. The summed E-state index contributed by atoms with van der Waals surface area (Å²) in [5.41, 5.74) is 6.96. The molecule has 0 saturated carbocycles. The average molecular weight is 561 g/mol. The van der Waals surface area contributed by atoms with Crippen molar-refractivity contribution in [3.8, 4) is 11.3 Å². The number of nitrogens with one attached hydrogen (secondary N) is 3. The standard InChI is InChI=1S/C28H22Cl2N6O3/c29-21-4-2-5-22(30)20(21)15-36-16-31-23-12-11-19(13-25(23)36)24-14-26(34-33-24)32-28(38)18-9-7-17(8-10-18)3-1-6-27(37)35-39/h1-5,7-14,16,39H,6,15H2,(H,35,37)(H2,32,33,34,38)/b3-1+. The smallest absolute Gasteiger partial charge is 0.256 e. The van der Waals surface area contributed by atoms with E-state index in [0.717, 1.165) is 33.4 Å². The number of rotatable bonds is 8. The maximum Gasteiger partial charge on any atom is 0.256 e. The number of anilines is 1. The molecule has 4 N–H and O–H groups in total. The molecule has 2 aromatic heterocycles. The van der Waals surface area contributed by atoms with Crippen molar-refractivity contribution in [1.29, 1.82) is 0 Å². The summed E-state index contributed by atoms with van der Waals surface area (Å²) in [5, 5.41) is 19.7. The highest BCUT2D eigenvalue weighted by atomic mass is 35.5. The molecular weight excluding hydrogens is 539 g/mol. The van der Waals surface area contributed by atoms with E-state index in [-0.39, 0.29) is 12.3 Å². The first-order valence-corrected chi connectivity index (χ1v) is 12.6. The number of aromatic nitrogens is 4. The molecule has 0 aliphatic rings. The molecule has 2 heterocycles. The molecule has 0 saturated heterocycles. The van der Waals surface area contributed by atoms with E-state index >= 15 is 0 Å². The molecule has 9 nitrogen and oxygen atoms in total. The van der Waals surface area contributed by atoms with E-state index in [2.05, 4.69) is 20.5 Å². The lowest BCUT2D eigenvalue weighted by atomic mass is 10.1. The van der Waals surface area contributed by atoms with Crippen molar-refractivity contribution in [2.24, 2.45) is 0 Å². The Hall–Kier alpha value is -4.44. The van der Waals surface area contributed by atoms with Crippen LogP contribution in [0.2, 0.25) is 10.0 Å². The summed E-state index contributed by atoms with van der Waals surface area (Å²) in [5.74, 6) is -0.438. The number of amides is 2. The molecule has 11 heteroatoms. The van der Waals surface area contributed by atoms with Crippen LogP contribution in [0.3, 0.4) is 0 Å². The van der Waals surface area contributed by atoms with Crippen molar-refractivity contribution < 1.29 is 14.8 Å². The van der Waals surface area contributed by atoms with Gasteiger partial charge in [-0.25, -0.2) is 10.5 Å². The van der Waals surface area contributed by atoms with Crippen molar-refractivity contribution >= 4 is 57.9 Å². The zero-order chi connectivity index (χ0) is 27.4. The molecule has 0 spiro atoms. The van der Waals surface area contributed by atoms with E-state index in [1.807, 2.05) is 28.8 Å². The Morgan fingerprint density at radius 3 is 2.54 bits per heavy atom. The molecule has 0 radical (unpaired) electrons. The van der Waals surface area contributed by atoms with Crippen molar-refractivity contribution in [3.05, 3.63) is 106 Å². The second kappa shape index (κ2) is 11.5. The van der Waals surface area contributed by atoms with Crippen LogP contribution in [0.4, 0.5) is 5.82 Å². The van der Waals surface area contributed by atoms with Gasteiger partial charge in [0.25, 0.3) is 5.91 Å². The fourth-order valence-corrected chi connectivity index (χ4v) is 4.54. The fourth-order valence-electron chi connectivity index (χ4n) is 4.02. The van der Waals surface area contributed by atoms with E-state index < -0.39 is 5.91 Å². The van der Waals surface area contributed by atoms with E-state index in [0.29, 0.717) is 28.0 Å². The Kier molecular flexibility index (Phi) is 7.74. The molecular formula is C28H22Cl2N6O3. The lowest BCUT2D eigenvalue weighted by molar-refractivity contribution is -0.128. The minimum absolute atomic E-state index is 0.0469. The fraction of sp³-hybridized carbons (Fsp3) is 0.0714. The van der Waals surface area contributed by atoms with Gasteiger partial charge in [-0.2, -0.15) is 5.10 Å². The Bertz CT molecular complexity index is 1670. The Balaban J connectivity index is 1.29. The SMILES string of the molecule is O=C(C/C=C/c1ccc(C(=O)Nc2cc(-c3ccc4ncn(Cc5c(Cl)cccc5Cl)c4c3)[nH]n2)cc1)NO. The zero-order valence-electron chi connectivity index (χ0n) is 20.4. The van der Waals surface area contributed by atoms with Crippen molar-refractivity contribution in [2.75, 3.05) is 5.32 Å². The molecule has 2 amide bonds. The first-order chi connectivity index (χ1) is 18.9. The lowest BCUT2D eigenvalue weighted by Crippen LogP contribution is -2.16. The third kappa shape index (κ3) is 6.01. The summed E-state index contributed by atoms with van der Waals surface area (Å²) >= 11 is 12.7. The second-order valence-corrected chi connectivity index (χ2v) is 9.48. The minimum atomic E-state index is -0.506. The van der Waals surface area contributed by atoms with Crippen LogP contribution in [0.5, 0.6) is 0 Å². The number of hydrogen-bond acceptors (Lipinski definition) is 5. The highest BCUT2D eigenvalue weighted by Gasteiger charge is 2.13. The monoisotopic (exact) mass is 560 g/mol. The quantitative estimate of drug-likeness (QED) is 0.138. The molecule has 5 aromatic rings. The third-order valence-electron chi connectivity index (χ3n) is 6.05. The van der Waals surface area contributed by atoms with E-state index in [9.17, 15) is 9.59 Å². The first-order valence-electron chi connectivity index (χ1n) is 11.9. The van der Waals surface area contributed by atoms with Crippen molar-refractivity contribution in [2.45, 2.75) is 13.0 Å². The van der Waals surface area contributed by atoms with Crippen LogP contribution in [-0.2, 0) is 11.3 Å². The first kappa shape index (κ1) is 26.2. The lowest BCUT2D eigenvalue weighted by Gasteiger charge is -2.09. The van der Waals surface area contributed by atoms with Crippen molar-refractivity contribution in [1.82, 2.24) is 25.2 Å². The van der Waals surface area contributed by atoms with E-state index in [4.69, 9.17) is 28.4 Å². The minimum Gasteiger partial charge on any atom is -0.326 e. The molecule has 0 unspecified atom stereocenters. The summed E-state index contributed by atoms with van der Waals surface area (Å²) in [6.45, 7) is 0.468.